The Labute approximate surface area is 226 Å². The van der Waals surface area contributed by atoms with E-state index in [4.69, 9.17) is 14.7 Å². The van der Waals surface area contributed by atoms with Crippen LogP contribution in [0, 0.1) is 11.3 Å². The number of anilines is 1. The molecule has 0 amide bonds. The number of aryl methyl sites for hydroxylation is 1. The molecule has 38 heavy (non-hydrogen) atoms. The van der Waals surface area contributed by atoms with Crippen LogP contribution < -0.4 is 15.0 Å². The maximum Gasteiger partial charge on any atom is 0.318 e. The van der Waals surface area contributed by atoms with E-state index in [0.29, 0.717) is 19.0 Å². The molecule has 1 spiro atoms. The molecule has 3 aliphatic heterocycles. The van der Waals surface area contributed by atoms with E-state index in [0.717, 1.165) is 44.7 Å². The zero-order valence-electron chi connectivity index (χ0n) is 22.6. The molecule has 1 N–H and O–H groups in total. The molecule has 200 valence electrons. The molecule has 7 rings (SSSR count). The molecule has 1 aromatic carbocycles. The van der Waals surface area contributed by atoms with Gasteiger partial charge in [-0.2, -0.15) is 15.2 Å². The molecule has 7 nitrogen and oxygen atoms in total. The molecule has 7 heteroatoms. The number of ether oxygens (including phenoxy) is 1. The van der Waals surface area contributed by atoms with Crippen molar-refractivity contribution in [2.24, 2.45) is 0 Å². The normalized spacial score (nSPS) is 28.0. The summed E-state index contributed by atoms with van der Waals surface area (Å²) in [5, 5.41) is 12.8. The van der Waals surface area contributed by atoms with Gasteiger partial charge >= 0.3 is 6.01 Å². The van der Waals surface area contributed by atoms with Crippen LogP contribution in [-0.2, 0) is 24.7 Å². The van der Waals surface area contributed by atoms with E-state index < -0.39 is 0 Å². The van der Waals surface area contributed by atoms with Gasteiger partial charge in [0.25, 0.3) is 0 Å². The lowest BCUT2D eigenvalue weighted by atomic mass is 9.62. The van der Waals surface area contributed by atoms with E-state index in [-0.39, 0.29) is 17.0 Å². The van der Waals surface area contributed by atoms with E-state index in [1.165, 1.54) is 74.9 Å². The summed E-state index contributed by atoms with van der Waals surface area (Å²) in [7, 11) is 0. The minimum absolute atomic E-state index is 0.171. The molecule has 1 unspecified atom stereocenters. The van der Waals surface area contributed by atoms with Gasteiger partial charge in [-0.25, -0.2) is 0 Å². The fourth-order valence-electron chi connectivity index (χ4n) is 8.37. The van der Waals surface area contributed by atoms with Crippen LogP contribution >= 0.6 is 0 Å². The predicted octanol–water partition coefficient (Wildman–Crippen LogP) is 3.94. The summed E-state index contributed by atoms with van der Waals surface area (Å²) < 4.78 is 6.55. The van der Waals surface area contributed by atoms with Crippen LogP contribution in [0.5, 0.6) is 6.01 Å². The van der Waals surface area contributed by atoms with Gasteiger partial charge in [-0.1, -0.05) is 24.3 Å². The Morgan fingerprint density at radius 2 is 1.89 bits per heavy atom. The van der Waals surface area contributed by atoms with Crippen molar-refractivity contribution in [2.45, 2.75) is 87.6 Å². The quantitative estimate of drug-likeness (QED) is 0.650. The summed E-state index contributed by atoms with van der Waals surface area (Å²) >= 11 is 0. The van der Waals surface area contributed by atoms with Crippen LogP contribution in [0.15, 0.2) is 24.3 Å². The summed E-state index contributed by atoms with van der Waals surface area (Å²) in [6, 6.07) is 12.2. The molecule has 0 bridgehead atoms. The minimum Gasteiger partial charge on any atom is -0.461 e. The zero-order chi connectivity index (χ0) is 25.6. The van der Waals surface area contributed by atoms with Crippen molar-refractivity contribution in [1.29, 1.82) is 5.26 Å². The molecular weight excluding hydrogens is 472 g/mol. The highest BCUT2D eigenvalue weighted by atomic mass is 16.5. The summed E-state index contributed by atoms with van der Waals surface area (Å²) in [6.07, 6.45) is 12.3. The molecule has 2 aliphatic carbocycles. The number of hydrogen-bond acceptors (Lipinski definition) is 7. The number of aromatic nitrogens is 2. The highest BCUT2D eigenvalue weighted by Crippen LogP contribution is 2.48. The first-order valence-corrected chi connectivity index (χ1v) is 14.9. The zero-order valence-corrected chi connectivity index (χ0v) is 22.6. The monoisotopic (exact) mass is 512 g/mol. The third-order valence-electron chi connectivity index (χ3n) is 10.3. The van der Waals surface area contributed by atoms with Crippen molar-refractivity contribution >= 4 is 5.82 Å². The van der Waals surface area contributed by atoms with Gasteiger partial charge in [-0.15, -0.1) is 0 Å². The standard InChI is InChI=1S/C31H40N6O/c32-15-10-24-21-36(19-16-33-24)28-25-9-14-30(11-3-7-23-6-1-2-8-26(23)30)20-27(25)34-29(35-28)38-22-31-12-4-17-37(31)18-5-13-31/h1-2,6,8,24,33H,3-5,7,9-14,16-22H2/t24-,30?/m0/s1. The summed E-state index contributed by atoms with van der Waals surface area (Å²) in [5.74, 6) is 1.06. The van der Waals surface area contributed by atoms with Gasteiger partial charge in [0.1, 0.15) is 12.4 Å². The average molecular weight is 513 g/mol. The SMILES string of the molecule is N#CC[C@H]1CN(c2nc(OCC34CCCN3CCC4)nc3c2CCC2(CCCc4ccccc42)C3)CCN1. The molecule has 0 radical (unpaired) electrons. The molecular formula is C31H40N6O. The van der Waals surface area contributed by atoms with E-state index >= 15 is 0 Å². The third kappa shape index (κ3) is 4.17. The largest absolute Gasteiger partial charge is 0.461 e. The summed E-state index contributed by atoms with van der Waals surface area (Å²) in [5.41, 5.74) is 5.92. The number of rotatable bonds is 5. The van der Waals surface area contributed by atoms with Gasteiger partial charge in [0.05, 0.1) is 23.7 Å². The maximum absolute atomic E-state index is 9.32. The van der Waals surface area contributed by atoms with Crippen molar-refractivity contribution in [3.8, 4) is 12.1 Å². The van der Waals surface area contributed by atoms with Gasteiger partial charge < -0.3 is 15.0 Å². The lowest BCUT2D eigenvalue weighted by Crippen LogP contribution is -2.51. The smallest absolute Gasteiger partial charge is 0.318 e. The van der Waals surface area contributed by atoms with E-state index in [2.05, 4.69) is 45.5 Å². The van der Waals surface area contributed by atoms with Crippen LogP contribution in [-0.4, -0.2) is 65.8 Å². The van der Waals surface area contributed by atoms with Crippen LogP contribution in [0.3, 0.4) is 0 Å². The predicted molar refractivity (Wildman–Crippen MR) is 148 cm³/mol. The first-order chi connectivity index (χ1) is 18.7. The second-order valence-electron chi connectivity index (χ2n) is 12.4. The van der Waals surface area contributed by atoms with E-state index in [1.807, 2.05) is 0 Å². The van der Waals surface area contributed by atoms with E-state index in [1.54, 1.807) is 5.56 Å². The van der Waals surface area contributed by atoms with Crippen LogP contribution in [0.4, 0.5) is 5.82 Å². The van der Waals surface area contributed by atoms with Crippen LogP contribution in [0.1, 0.15) is 73.8 Å². The van der Waals surface area contributed by atoms with Gasteiger partial charge in [0.2, 0.25) is 0 Å². The molecule has 5 aliphatic rings. The molecule has 1 aromatic heterocycles. The minimum atomic E-state index is 0.171. The van der Waals surface area contributed by atoms with Crippen molar-refractivity contribution < 1.29 is 4.74 Å². The summed E-state index contributed by atoms with van der Waals surface area (Å²) in [6.45, 7) is 5.67. The average Bonchev–Trinajstić information content (AvgIpc) is 3.53. The number of piperazine rings is 1. The van der Waals surface area contributed by atoms with Gasteiger partial charge in [0.15, 0.2) is 0 Å². The van der Waals surface area contributed by atoms with Crippen LogP contribution in [0.25, 0.3) is 0 Å². The molecule has 4 heterocycles. The number of fused-ring (bicyclic) bond motifs is 4. The Bertz CT molecular complexity index is 1230. The van der Waals surface area contributed by atoms with Crippen molar-refractivity contribution in [2.75, 3.05) is 44.2 Å². The van der Waals surface area contributed by atoms with Crippen molar-refractivity contribution in [3.63, 3.8) is 0 Å². The molecule has 2 aromatic rings. The number of nitriles is 1. The number of nitrogens with zero attached hydrogens (tertiary/aromatic N) is 5. The maximum atomic E-state index is 9.32. The lowest BCUT2D eigenvalue weighted by molar-refractivity contribution is 0.107. The molecule has 3 fully saturated rings. The van der Waals surface area contributed by atoms with Gasteiger partial charge in [-0.3, -0.25) is 4.90 Å². The Morgan fingerprint density at radius 1 is 1.03 bits per heavy atom. The van der Waals surface area contributed by atoms with Crippen molar-refractivity contribution in [3.05, 3.63) is 46.6 Å². The fourth-order valence-corrected chi connectivity index (χ4v) is 8.37. The Balaban J connectivity index is 1.23. The second-order valence-corrected chi connectivity index (χ2v) is 12.4. The number of benzene rings is 1. The highest BCUT2D eigenvalue weighted by Gasteiger charge is 2.45. The molecule has 3 saturated heterocycles. The lowest BCUT2D eigenvalue weighted by Gasteiger charge is -2.43. The summed E-state index contributed by atoms with van der Waals surface area (Å²) in [4.78, 5) is 15.3. The molecule has 0 saturated carbocycles. The first-order valence-electron chi connectivity index (χ1n) is 14.9. The highest BCUT2D eigenvalue weighted by molar-refractivity contribution is 5.54. The van der Waals surface area contributed by atoms with Gasteiger partial charge in [0, 0.05) is 36.7 Å². The first kappa shape index (κ1) is 24.4. The Morgan fingerprint density at radius 3 is 2.76 bits per heavy atom. The van der Waals surface area contributed by atoms with Gasteiger partial charge in [-0.05, 0) is 88.4 Å². The number of nitrogens with one attached hydrogen (secondary N) is 1. The Hall–Kier alpha value is -2.69. The molecule has 2 atom stereocenters. The Kier molecular flexibility index (Phi) is 6.28. The number of hydrogen-bond donors (Lipinski definition) is 1. The van der Waals surface area contributed by atoms with E-state index in [9.17, 15) is 5.26 Å². The second kappa shape index (κ2) is 9.81. The van der Waals surface area contributed by atoms with Crippen molar-refractivity contribution in [1.82, 2.24) is 20.2 Å². The fraction of sp³-hybridized carbons (Fsp3) is 0.645. The van der Waals surface area contributed by atoms with Crippen LogP contribution in [0.2, 0.25) is 0 Å². The topological polar surface area (TPSA) is 77.3 Å². The third-order valence-corrected chi connectivity index (χ3v) is 10.3.